The zero-order valence-electron chi connectivity index (χ0n) is 24.2. The van der Waals surface area contributed by atoms with Crippen molar-refractivity contribution in [2.75, 3.05) is 24.6 Å². The number of fused-ring (bicyclic) bond motifs is 2. The van der Waals surface area contributed by atoms with Crippen LogP contribution in [0.15, 0.2) is 30.6 Å². The normalized spacial score (nSPS) is 25.2. The van der Waals surface area contributed by atoms with Gasteiger partial charge in [0, 0.05) is 38.0 Å². The molecule has 1 aromatic heterocycles. The van der Waals surface area contributed by atoms with Gasteiger partial charge in [0.2, 0.25) is 0 Å². The monoisotopic (exact) mass is 590 g/mol. The Morgan fingerprint density at radius 1 is 1.21 bits per heavy atom. The van der Waals surface area contributed by atoms with Gasteiger partial charge in [-0.05, 0) is 78.6 Å². The lowest BCUT2D eigenvalue weighted by molar-refractivity contribution is -0.138. The Balaban J connectivity index is 1.30. The number of halogens is 3. The molecule has 3 aromatic rings. The molecule has 0 N–H and O–H groups in total. The molecule has 0 spiro atoms. The number of piperidine rings is 1. The molecule has 43 heavy (non-hydrogen) atoms. The molecule has 0 radical (unpaired) electrons. The summed E-state index contributed by atoms with van der Waals surface area (Å²) in [5.41, 5.74) is 1.49. The molecule has 2 aromatic carbocycles. The maximum absolute atomic E-state index is 14.5. The van der Waals surface area contributed by atoms with Crippen LogP contribution in [0.4, 0.5) is 18.9 Å². The van der Waals surface area contributed by atoms with Crippen LogP contribution in [0, 0.1) is 23.2 Å². The minimum Gasteiger partial charge on any atom is -0.491 e. The fourth-order valence-corrected chi connectivity index (χ4v) is 7.60. The largest absolute Gasteiger partial charge is 0.491 e. The van der Waals surface area contributed by atoms with Crippen LogP contribution >= 0.6 is 0 Å². The first-order valence-electron chi connectivity index (χ1n) is 14.9. The second-order valence-corrected chi connectivity index (χ2v) is 12.7. The van der Waals surface area contributed by atoms with E-state index in [1.165, 1.54) is 11.0 Å². The number of likely N-dealkylation sites (tertiary alicyclic amines) is 1. The Morgan fingerprint density at radius 3 is 2.72 bits per heavy atom. The molecule has 1 atom stereocenters. The first-order chi connectivity index (χ1) is 20.6. The highest BCUT2D eigenvalue weighted by molar-refractivity contribution is 6.11. The number of amides is 1. The molecule has 1 saturated heterocycles. The van der Waals surface area contributed by atoms with Crippen molar-refractivity contribution in [3.63, 3.8) is 0 Å². The minimum atomic E-state index is -4.60. The van der Waals surface area contributed by atoms with E-state index in [4.69, 9.17) is 4.74 Å². The number of nitriles is 1. The lowest BCUT2D eigenvalue weighted by Gasteiger charge is -2.44. The predicted molar refractivity (Wildman–Crippen MR) is 151 cm³/mol. The third-order valence-corrected chi connectivity index (χ3v) is 9.67. The van der Waals surface area contributed by atoms with Crippen LogP contribution in [-0.4, -0.2) is 45.3 Å². The van der Waals surface area contributed by atoms with Gasteiger partial charge in [0.05, 0.1) is 35.9 Å². The van der Waals surface area contributed by atoms with E-state index in [1.807, 2.05) is 23.7 Å². The zero-order chi connectivity index (χ0) is 30.1. The van der Waals surface area contributed by atoms with E-state index in [2.05, 4.69) is 28.1 Å². The third-order valence-electron chi connectivity index (χ3n) is 9.67. The number of rotatable bonds is 5. The van der Waals surface area contributed by atoms with Gasteiger partial charge in [0.15, 0.2) is 0 Å². The number of benzene rings is 2. The van der Waals surface area contributed by atoms with Crippen molar-refractivity contribution in [1.82, 2.24) is 19.7 Å². The van der Waals surface area contributed by atoms with E-state index in [1.54, 1.807) is 12.4 Å². The van der Waals surface area contributed by atoms with Gasteiger partial charge in [0.1, 0.15) is 17.9 Å². The number of carbonyl (C=O) groups excluding carboxylic acids is 1. The Hall–Kier alpha value is -3.91. The molecule has 2 fully saturated rings. The topological polar surface area (TPSA) is 87.3 Å². The third kappa shape index (κ3) is 4.58. The highest BCUT2D eigenvalue weighted by atomic mass is 19.4. The van der Waals surface area contributed by atoms with Gasteiger partial charge in [-0.25, -0.2) is 0 Å². The van der Waals surface area contributed by atoms with Crippen LogP contribution in [-0.2, 0) is 38.1 Å². The molecule has 1 saturated carbocycles. The summed E-state index contributed by atoms with van der Waals surface area (Å²) in [5.74, 6) is 1.13. The van der Waals surface area contributed by atoms with Gasteiger partial charge in [-0.1, -0.05) is 13.0 Å². The summed E-state index contributed by atoms with van der Waals surface area (Å²) in [6, 6.07) is 9.13. The number of hydrogen-bond acceptors (Lipinski definition) is 6. The lowest BCUT2D eigenvalue weighted by Crippen LogP contribution is -2.44. The molecular formula is C32H33F3N6O2. The van der Waals surface area contributed by atoms with Crippen molar-refractivity contribution in [3.8, 4) is 11.8 Å². The van der Waals surface area contributed by atoms with Crippen molar-refractivity contribution >= 4 is 11.6 Å². The van der Waals surface area contributed by atoms with E-state index in [9.17, 15) is 23.2 Å². The average molecular weight is 591 g/mol. The molecule has 1 aliphatic carbocycles. The van der Waals surface area contributed by atoms with Gasteiger partial charge in [0.25, 0.3) is 5.91 Å². The summed E-state index contributed by atoms with van der Waals surface area (Å²) in [6.45, 7) is 4.42. The molecular weight excluding hydrogens is 557 g/mol. The second-order valence-electron chi connectivity index (χ2n) is 12.7. The number of aromatic nitrogens is 3. The van der Waals surface area contributed by atoms with Gasteiger partial charge in [-0.15, -0.1) is 10.2 Å². The smallest absolute Gasteiger partial charge is 0.416 e. The fraction of sp³-hybridized carbons (Fsp3) is 0.500. The van der Waals surface area contributed by atoms with Gasteiger partial charge in [-0.3, -0.25) is 9.69 Å². The molecule has 4 heterocycles. The molecule has 224 valence electrons. The van der Waals surface area contributed by atoms with Crippen molar-refractivity contribution in [2.45, 2.75) is 63.7 Å². The van der Waals surface area contributed by atoms with Crippen LogP contribution in [0.3, 0.4) is 0 Å². The number of carbonyl (C=O) groups is 1. The van der Waals surface area contributed by atoms with Crippen LogP contribution in [0.25, 0.3) is 0 Å². The standard InChI is InChI=1S/C32H33F3N6O2/c1-19-4-3-6-40(15-19)16-20-8-24-25(26(9-20)32(33,34)35)17-41(29(24)42)27-11-23(10-22-5-7-43-28(22)27)31(12-21(13-31)14-36)30-38-37-18-39(30)2/h8-11,18-19,21H,3-7,12-13,15-17H2,1-2H3/t19-,21?,31?/m0/s1. The summed E-state index contributed by atoms with van der Waals surface area (Å²) in [4.78, 5) is 17.6. The number of hydrogen-bond donors (Lipinski definition) is 0. The van der Waals surface area contributed by atoms with Crippen molar-refractivity contribution in [3.05, 3.63) is 69.8 Å². The average Bonchev–Trinajstić information content (AvgIpc) is 3.67. The maximum Gasteiger partial charge on any atom is 0.416 e. The second kappa shape index (κ2) is 10.1. The minimum absolute atomic E-state index is 0.00150. The lowest BCUT2D eigenvalue weighted by atomic mass is 9.58. The molecule has 11 heteroatoms. The van der Waals surface area contributed by atoms with Crippen LogP contribution in [0.1, 0.15) is 76.6 Å². The van der Waals surface area contributed by atoms with E-state index >= 15 is 0 Å². The molecule has 3 aliphatic heterocycles. The Bertz CT molecular complexity index is 1650. The number of nitrogens with zero attached hydrogens (tertiary/aromatic N) is 6. The summed E-state index contributed by atoms with van der Waals surface area (Å²) in [6.07, 6.45) is 0.850. The summed E-state index contributed by atoms with van der Waals surface area (Å²) in [7, 11) is 1.86. The van der Waals surface area contributed by atoms with E-state index in [-0.39, 0.29) is 23.6 Å². The van der Waals surface area contributed by atoms with Gasteiger partial charge < -0.3 is 14.2 Å². The molecule has 1 amide bonds. The van der Waals surface area contributed by atoms with E-state index in [0.717, 1.165) is 42.9 Å². The first-order valence-corrected chi connectivity index (χ1v) is 14.9. The van der Waals surface area contributed by atoms with Crippen LogP contribution in [0.5, 0.6) is 5.75 Å². The maximum atomic E-state index is 14.5. The van der Waals surface area contributed by atoms with Crippen LogP contribution < -0.4 is 9.64 Å². The Morgan fingerprint density at radius 2 is 2.02 bits per heavy atom. The summed E-state index contributed by atoms with van der Waals surface area (Å²) in [5, 5.41) is 18.1. The number of alkyl halides is 3. The highest BCUT2D eigenvalue weighted by Crippen LogP contribution is 2.54. The van der Waals surface area contributed by atoms with Gasteiger partial charge >= 0.3 is 6.18 Å². The zero-order valence-corrected chi connectivity index (χ0v) is 24.2. The molecule has 0 bridgehead atoms. The van der Waals surface area contributed by atoms with Crippen LogP contribution in [0.2, 0.25) is 0 Å². The van der Waals surface area contributed by atoms with E-state index < -0.39 is 23.1 Å². The molecule has 8 nitrogen and oxygen atoms in total. The van der Waals surface area contributed by atoms with Crippen molar-refractivity contribution in [2.24, 2.45) is 18.9 Å². The summed E-state index contributed by atoms with van der Waals surface area (Å²) < 4.78 is 51.2. The van der Waals surface area contributed by atoms with E-state index in [0.29, 0.717) is 55.3 Å². The fourth-order valence-electron chi connectivity index (χ4n) is 7.60. The molecule has 4 aliphatic rings. The highest BCUT2D eigenvalue weighted by Gasteiger charge is 2.51. The quantitative estimate of drug-likeness (QED) is 0.397. The molecule has 0 unspecified atom stereocenters. The Labute approximate surface area is 248 Å². The van der Waals surface area contributed by atoms with Crippen molar-refractivity contribution in [1.29, 1.82) is 5.26 Å². The van der Waals surface area contributed by atoms with Gasteiger partial charge in [-0.2, -0.15) is 18.4 Å². The summed E-state index contributed by atoms with van der Waals surface area (Å²) >= 11 is 0. The van der Waals surface area contributed by atoms with Crippen molar-refractivity contribution < 1.29 is 22.7 Å². The predicted octanol–water partition coefficient (Wildman–Crippen LogP) is 5.38. The molecule has 7 rings (SSSR count). The number of ether oxygens (including phenoxy) is 1. The Kier molecular flexibility index (Phi) is 6.54. The first kappa shape index (κ1) is 27.9. The SMILES string of the molecule is C[C@H]1CCCN(Cc2cc3c(c(C(F)(F)F)c2)CN(c2cc(C4(c5nncn5C)CC(C#N)C4)cc4c2OCC4)C3=O)C1. The number of aryl methyl sites for hydroxylation is 1. The number of anilines is 1.